The van der Waals surface area contributed by atoms with Crippen LogP contribution in [0.2, 0.25) is 0 Å². The first-order chi connectivity index (χ1) is 7.36. The predicted octanol–water partition coefficient (Wildman–Crippen LogP) is 2.37. The van der Waals surface area contributed by atoms with Crippen molar-refractivity contribution in [2.45, 2.75) is 20.3 Å². The molecule has 0 aliphatic carbocycles. The van der Waals surface area contributed by atoms with Crippen molar-refractivity contribution in [2.24, 2.45) is 0 Å². The molecule has 0 amide bonds. The summed E-state index contributed by atoms with van der Waals surface area (Å²) in [5.41, 5.74) is 2.30. The second kappa shape index (κ2) is 4.75. The highest BCUT2D eigenvalue weighted by Gasteiger charge is 1.96. The van der Waals surface area contributed by atoms with Crippen LogP contribution in [0.1, 0.15) is 11.3 Å². The summed E-state index contributed by atoms with van der Waals surface area (Å²) in [6.45, 7) is 3.15. The minimum atomic E-state index is 0.508. The number of rotatable bonds is 4. The Morgan fingerprint density at radius 2 is 2.00 bits per heavy atom. The Kier molecular flexibility index (Phi) is 3.15. The van der Waals surface area contributed by atoms with Crippen LogP contribution >= 0.6 is 0 Å². The Bertz CT molecular complexity index is 409. The molecule has 2 aromatic rings. The first-order valence-corrected chi connectivity index (χ1v) is 4.96. The highest BCUT2D eigenvalue weighted by molar-refractivity contribution is 5.13. The van der Waals surface area contributed by atoms with Crippen LogP contribution in [0.5, 0.6) is 0 Å². The van der Waals surface area contributed by atoms with Crippen LogP contribution < -0.4 is 0 Å². The summed E-state index contributed by atoms with van der Waals surface area (Å²) in [7, 11) is 0. The summed E-state index contributed by atoms with van der Waals surface area (Å²) < 4.78 is 7.38. The first-order valence-electron chi connectivity index (χ1n) is 4.96. The van der Waals surface area contributed by atoms with E-state index in [4.69, 9.17) is 4.74 Å². The maximum Gasteiger partial charge on any atom is 0.140 e. The van der Waals surface area contributed by atoms with E-state index in [1.54, 1.807) is 6.20 Å². The van der Waals surface area contributed by atoms with Gasteiger partial charge in [-0.15, -0.1) is 0 Å². The smallest absolute Gasteiger partial charge is 0.140 e. The fraction of sp³-hybridized carbons (Fsp3) is 0.250. The monoisotopic (exact) mass is 202 g/mol. The summed E-state index contributed by atoms with van der Waals surface area (Å²) in [5.74, 6) is 0. The lowest BCUT2D eigenvalue weighted by molar-refractivity contribution is 0.0548. The third kappa shape index (κ3) is 2.67. The van der Waals surface area contributed by atoms with Crippen molar-refractivity contribution in [3.8, 4) is 0 Å². The molecule has 0 saturated heterocycles. The Balaban J connectivity index is 1.83. The summed E-state index contributed by atoms with van der Waals surface area (Å²) in [5, 5.41) is 4.14. The summed E-state index contributed by atoms with van der Waals surface area (Å²) in [4.78, 5) is 0. The molecule has 0 saturated carbocycles. The lowest BCUT2D eigenvalue weighted by Crippen LogP contribution is -2.05. The molecule has 0 aliphatic heterocycles. The third-order valence-electron chi connectivity index (χ3n) is 2.25. The van der Waals surface area contributed by atoms with Gasteiger partial charge in [-0.25, -0.2) is 4.68 Å². The highest BCUT2D eigenvalue weighted by Crippen LogP contribution is 2.02. The molecule has 3 heteroatoms. The van der Waals surface area contributed by atoms with Gasteiger partial charge in [0, 0.05) is 11.9 Å². The van der Waals surface area contributed by atoms with Crippen LogP contribution in [0, 0.1) is 6.92 Å². The van der Waals surface area contributed by atoms with Crippen molar-refractivity contribution >= 4 is 0 Å². The quantitative estimate of drug-likeness (QED) is 0.761. The fourth-order valence-electron chi connectivity index (χ4n) is 1.36. The molecule has 1 aromatic carbocycles. The molecule has 15 heavy (non-hydrogen) atoms. The molecule has 0 atom stereocenters. The van der Waals surface area contributed by atoms with Crippen LogP contribution in [0.3, 0.4) is 0 Å². The van der Waals surface area contributed by atoms with Crippen LogP contribution in [-0.4, -0.2) is 9.78 Å². The second-order valence-electron chi connectivity index (χ2n) is 3.44. The number of hydrogen-bond acceptors (Lipinski definition) is 2. The molecular formula is C12H14N2O. The van der Waals surface area contributed by atoms with E-state index in [1.165, 1.54) is 5.56 Å². The van der Waals surface area contributed by atoms with Crippen molar-refractivity contribution < 1.29 is 4.74 Å². The van der Waals surface area contributed by atoms with E-state index in [0.717, 1.165) is 5.69 Å². The zero-order chi connectivity index (χ0) is 10.5. The minimum Gasteiger partial charge on any atom is -0.355 e. The molecule has 2 rings (SSSR count). The van der Waals surface area contributed by atoms with Gasteiger partial charge in [-0.3, -0.25) is 0 Å². The van der Waals surface area contributed by atoms with Crippen LogP contribution in [0.4, 0.5) is 0 Å². The van der Waals surface area contributed by atoms with Gasteiger partial charge in [0.25, 0.3) is 0 Å². The summed E-state index contributed by atoms with van der Waals surface area (Å²) in [6, 6.07) is 12.1. The number of ether oxygens (including phenoxy) is 1. The van der Waals surface area contributed by atoms with E-state index in [2.05, 4.69) is 17.2 Å². The van der Waals surface area contributed by atoms with Crippen molar-refractivity contribution in [3.63, 3.8) is 0 Å². The normalized spacial score (nSPS) is 10.5. The number of hydrogen-bond donors (Lipinski definition) is 0. The van der Waals surface area contributed by atoms with Gasteiger partial charge >= 0.3 is 0 Å². The van der Waals surface area contributed by atoms with E-state index < -0.39 is 0 Å². The summed E-state index contributed by atoms with van der Waals surface area (Å²) in [6.07, 6.45) is 1.78. The van der Waals surface area contributed by atoms with E-state index in [1.807, 2.05) is 35.9 Å². The molecule has 1 heterocycles. The fourth-order valence-corrected chi connectivity index (χ4v) is 1.36. The number of aromatic nitrogens is 2. The van der Waals surface area contributed by atoms with Crippen molar-refractivity contribution in [2.75, 3.05) is 0 Å². The molecule has 0 radical (unpaired) electrons. The Morgan fingerprint density at radius 1 is 1.20 bits per heavy atom. The van der Waals surface area contributed by atoms with Gasteiger partial charge in [0.1, 0.15) is 6.73 Å². The van der Waals surface area contributed by atoms with Gasteiger partial charge < -0.3 is 4.74 Å². The standard InChI is InChI=1S/C12H14N2O/c1-11-7-8-13-14(11)10-15-9-12-5-3-2-4-6-12/h2-8H,9-10H2,1H3. The lowest BCUT2D eigenvalue weighted by atomic mass is 10.2. The van der Waals surface area contributed by atoms with E-state index >= 15 is 0 Å². The molecule has 0 bridgehead atoms. The topological polar surface area (TPSA) is 27.1 Å². The maximum atomic E-state index is 5.55. The first kappa shape index (κ1) is 9.93. The molecule has 0 N–H and O–H groups in total. The van der Waals surface area contributed by atoms with Gasteiger partial charge in [-0.1, -0.05) is 30.3 Å². The largest absolute Gasteiger partial charge is 0.355 e. The lowest BCUT2D eigenvalue weighted by Gasteiger charge is -2.05. The maximum absolute atomic E-state index is 5.55. The zero-order valence-electron chi connectivity index (χ0n) is 8.76. The molecule has 0 aliphatic rings. The molecular weight excluding hydrogens is 188 g/mol. The summed E-state index contributed by atoms with van der Waals surface area (Å²) >= 11 is 0. The Morgan fingerprint density at radius 3 is 2.67 bits per heavy atom. The van der Waals surface area contributed by atoms with E-state index in [0.29, 0.717) is 13.3 Å². The Labute approximate surface area is 89.3 Å². The predicted molar refractivity (Wildman–Crippen MR) is 58.2 cm³/mol. The van der Waals surface area contributed by atoms with E-state index in [9.17, 15) is 0 Å². The van der Waals surface area contributed by atoms with E-state index in [-0.39, 0.29) is 0 Å². The minimum absolute atomic E-state index is 0.508. The van der Waals surface area contributed by atoms with Crippen LogP contribution in [-0.2, 0) is 18.1 Å². The second-order valence-corrected chi connectivity index (χ2v) is 3.44. The molecule has 0 fully saturated rings. The molecule has 3 nitrogen and oxygen atoms in total. The van der Waals surface area contributed by atoms with Gasteiger partial charge in [0.2, 0.25) is 0 Å². The Hall–Kier alpha value is -1.61. The van der Waals surface area contributed by atoms with Crippen molar-refractivity contribution in [1.29, 1.82) is 0 Å². The van der Waals surface area contributed by atoms with Gasteiger partial charge in [0.15, 0.2) is 0 Å². The number of benzene rings is 1. The zero-order valence-corrected chi connectivity index (χ0v) is 8.76. The van der Waals surface area contributed by atoms with Crippen molar-refractivity contribution in [3.05, 3.63) is 53.9 Å². The number of nitrogens with zero attached hydrogens (tertiary/aromatic N) is 2. The molecule has 1 aromatic heterocycles. The van der Waals surface area contributed by atoms with Gasteiger partial charge in [-0.05, 0) is 18.6 Å². The van der Waals surface area contributed by atoms with Crippen molar-refractivity contribution in [1.82, 2.24) is 9.78 Å². The third-order valence-corrected chi connectivity index (χ3v) is 2.25. The van der Waals surface area contributed by atoms with Gasteiger partial charge in [-0.2, -0.15) is 5.10 Å². The van der Waals surface area contributed by atoms with Crippen LogP contribution in [0.25, 0.3) is 0 Å². The average Bonchev–Trinajstić information content (AvgIpc) is 2.66. The molecule has 78 valence electrons. The SMILES string of the molecule is Cc1ccnn1COCc1ccccc1. The molecule has 0 spiro atoms. The average molecular weight is 202 g/mol. The van der Waals surface area contributed by atoms with Gasteiger partial charge in [0.05, 0.1) is 6.61 Å². The number of aryl methyl sites for hydroxylation is 1. The molecule has 0 unspecified atom stereocenters. The van der Waals surface area contributed by atoms with Crippen LogP contribution in [0.15, 0.2) is 42.6 Å². The highest BCUT2D eigenvalue weighted by atomic mass is 16.5.